The van der Waals surface area contributed by atoms with Gasteiger partial charge in [0.2, 0.25) is 0 Å². The van der Waals surface area contributed by atoms with Crippen LogP contribution in [0, 0.1) is 0 Å². The maximum absolute atomic E-state index is 10.1. The molecule has 1 aliphatic heterocycles. The number of carboxylic acid groups (broad SMARTS) is 1. The predicted molar refractivity (Wildman–Crippen MR) is 27.2 cm³/mol. The van der Waals surface area contributed by atoms with Crippen molar-refractivity contribution in [2.45, 2.75) is 12.5 Å². The highest BCUT2D eigenvalue weighted by Crippen LogP contribution is 1.93. The molecular weight excluding hydrogens is 108 g/mol. The number of carbonyl (C=O) groups is 1. The van der Waals surface area contributed by atoms with Gasteiger partial charge in [0.1, 0.15) is 6.04 Å². The van der Waals surface area contributed by atoms with Gasteiger partial charge in [0.25, 0.3) is 0 Å². The molecule has 46 valence electrons. The van der Waals surface area contributed by atoms with Crippen molar-refractivity contribution in [3.05, 3.63) is 0 Å². The first-order valence-corrected chi connectivity index (χ1v) is 2.52. The zero-order valence-electron chi connectivity index (χ0n) is 4.35. The van der Waals surface area contributed by atoms with Gasteiger partial charge in [-0.15, -0.1) is 0 Å². The second-order valence-corrected chi connectivity index (χ2v) is 1.75. The number of hydrazine groups is 1. The lowest BCUT2D eigenvalue weighted by Crippen LogP contribution is -2.35. The molecule has 0 bridgehead atoms. The molecule has 1 atom stereocenters. The van der Waals surface area contributed by atoms with Gasteiger partial charge in [-0.2, -0.15) is 0 Å². The van der Waals surface area contributed by atoms with E-state index in [9.17, 15) is 4.79 Å². The molecule has 1 saturated heterocycles. The maximum atomic E-state index is 10.1. The molecule has 0 radical (unpaired) electrons. The Kier molecular flexibility index (Phi) is 1.45. The highest BCUT2D eigenvalue weighted by Gasteiger charge is 2.19. The van der Waals surface area contributed by atoms with Crippen LogP contribution in [-0.4, -0.2) is 23.7 Å². The van der Waals surface area contributed by atoms with E-state index in [0.29, 0.717) is 6.42 Å². The van der Waals surface area contributed by atoms with Gasteiger partial charge in [-0.3, -0.25) is 10.2 Å². The molecule has 0 aromatic heterocycles. The molecule has 0 saturated carbocycles. The van der Waals surface area contributed by atoms with E-state index in [1.54, 1.807) is 0 Å². The standard InChI is InChI=1S/C4H8N2O2/c7-4(8)3-1-2-5-6-3/h3,5-6H,1-2H2,(H,7,8)/t3-/m0/s1. The Labute approximate surface area is 46.9 Å². The fraction of sp³-hybridized carbons (Fsp3) is 0.750. The summed E-state index contributed by atoms with van der Waals surface area (Å²) in [6.45, 7) is 0.747. The highest BCUT2D eigenvalue weighted by molar-refractivity contribution is 5.73. The van der Waals surface area contributed by atoms with Gasteiger partial charge < -0.3 is 5.11 Å². The molecule has 1 fully saturated rings. The van der Waals surface area contributed by atoms with Crippen LogP contribution in [0.2, 0.25) is 0 Å². The minimum absolute atomic E-state index is 0.380. The molecule has 4 nitrogen and oxygen atoms in total. The molecule has 0 amide bonds. The fourth-order valence-electron chi connectivity index (χ4n) is 0.669. The largest absolute Gasteiger partial charge is 0.480 e. The SMILES string of the molecule is O=C(O)[C@@H]1CCNN1. The normalized spacial score (nSPS) is 28.2. The molecule has 1 aliphatic rings. The summed E-state index contributed by atoms with van der Waals surface area (Å²) >= 11 is 0. The maximum Gasteiger partial charge on any atom is 0.322 e. The average Bonchev–Trinajstić information content (AvgIpc) is 2.12. The van der Waals surface area contributed by atoms with Crippen molar-refractivity contribution in [3.8, 4) is 0 Å². The minimum Gasteiger partial charge on any atom is -0.480 e. The van der Waals surface area contributed by atoms with Crippen molar-refractivity contribution in [2.75, 3.05) is 6.54 Å². The van der Waals surface area contributed by atoms with Crippen LogP contribution in [0.3, 0.4) is 0 Å². The van der Waals surface area contributed by atoms with Gasteiger partial charge in [-0.25, -0.2) is 5.43 Å². The van der Waals surface area contributed by atoms with Gasteiger partial charge in [-0.05, 0) is 6.42 Å². The van der Waals surface area contributed by atoms with Crippen molar-refractivity contribution >= 4 is 5.97 Å². The van der Waals surface area contributed by atoms with Crippen LogP contribution in [0.5, 0.6) is 0 Å². The zero-order valence-corrected chi connectivity index (χ0v) is 4.35. The summed E-state index contributed by atoms with van der Waals surface area (Å²) < 4.78 is 0. The van der Waals surface area contributed by atoms with E-state index in [4.69, 9.17) is 5.11 Å². The summed E-state index contributed by atoms with van der Waals surface area (Å²) in [6.07, 6.45) is 0.676. The molecule has 4 heteroatoms. The van der Waals surface area contributed by atoms with Gasteiger partial charge in [0.05, 0.1) is 0 Å². The van der Waals surface area contributed by atoms with Crippen LogP contribution in [0.4, 0.5) is 0 Å². The van der Waals surface area contributed by atoms with E-state index in [2.05, 4.69) is 10.9 Å². The van der Waals surface area contributed by atoms with E-state index >= 15 is 0 Å². The van der Waals surface area contributed by atoms with Gasteiger partial charge in [0.15, 0.2) is 0 Å². The van der Waals surface area contributed by atoms with Gasteiger partial charge in [0, 0.05) is 6.54 Å². The lowest BCUT2D eigenvalue weighted by molar-refractivity contribution is -0.139. The zero-order chi connectivity index (χ0) is 5.98. The van der Waals surface area contributed by atoms with Crippen LogP contribution in [-0.2, 0) is 4.79 Å². The lowest BCUT2D eigenvalue weighted by atomic mass is 10.2. The van der Waals surface area contributed by atoms with E-state index in [-0.39, 0.29) is 6.04 Å². The monoisotopic (exact) mass is 116 g/mol. The summed E-state index contributed by atoms with van der Waals surface area (Å²) in [4.78, 5) is 10.1. The van der Waals surface area contributed by atoms with E-state index in [1.165, 1.54) is 0 Å². The number of carboxylic acids is 1. The second-order valence-electron chi connectivity index (χ2n) is 1.75. The Morgan fingerprint density at radius 3 is 2.75 bits per heavy atom. The molecule has 0 aliphatic carbocycles. The quantitative estimate of drug-likeness (QED) is 0.408. The van der Waals surface area contributed by atoms with Crippen LogP contribution in [0.25, 0.3) is 0 Å². The average molecular weight is 116 g/mol. The molecule has 0 aromatic rings. The number of rotatable bonds is 1. The van der Waals surface area contributed by atoms with Crippen LogP contribution in [0.1, 0.15) is 6.42 Å². The van der Waals surface area contributed by atoms with Crippen molar-refractivity contribution in [3.63, 3.8) is 0 Å². The summed E-state index contributed by atoms with van der Waals surface area (Å²) in [6, 6.07) is -0.380. The van der Waals surface area contributed by atoms with Crippen molar-refractivity contribution < 1.29 is 9.90 Å². The molecule has 0 spiro atoms. The highest BCUT2D eigenvalue weighted by atomic mass is 16.4. The Balaban J connectivity index is 2.35. The molecule has 1 heterocycles. The van der Waals surface area contributed by atoms with E-state index in [0.717, 1.165) is 6.54 Å². The number of hydrogen-bond donors (Lipinski definition) is 3. The molecule has 3 N–H and O–H groups in total. The smallest absolute Gasteiger partial charge is 0.322 e. The molecule has 1 rings (SSSR count). The molecule has 0 aromatic carbocycles. The Hall–Kier alpha value is -0.610. The van der Waals surface area contributed by atoms with E-state index < -0.39 is 5.97 Å². The minimum atomic E-state index is -0.782. The third-order valence-electron chi connectivity index (χ3n) is 1.13. The topological polar surface area (TPSA) is 61.4 Å². The first-order chi connectivity index (χ1) is 3.80. The van der Waals surface area contributed by atoms with Crippen LogP contribution < -0.4 is 10.9 Å². The Morgan fingerprint density at radius 1 is 1.75 bits per heavy atom. The first kappa shape index (κ1) is 5.53. The third-order valence-corrected chi connectivity index (χ3v) is 1.13. The number of aliphatic carboxylic acids is 1. The number of nitrogens with one attached hydrogen (secondary N) is 2. The predicted octanol–water partition coefficient (Wildman–Crippen LogP) is -1.06. The summed E-state index contributed by atoms with van der Waals surface area (Å²) in [5.74, 6) is -0.782. The third kappa shape index (κ3) is 0.962. The van der Waals surface area contributed by atoms with Crippen LogP contribution in [0.15, 0.2) is 0 Å². The van der Waals surface area contributed by atoms with Crippen molar-refractivity contribution in [1.29, 1.82) is 0 Å². The first-order valence-electron chi connectivity index (χ1n) is 2.52. The summed E-state index contributed by atoms with van der Waals surface area (Å²) in [5, 5.41) is 8.31. The van der Waals surface area contributed by atoms with Gasteiger partial charge in [-0.1, -0.05) is 0 Å². The van der Waals surface area contributed by atoms with E-state index in [1.807, 2.05) is 0 Å². The van der Waals surface area contributed by atoms with Crippen molar-refractivity contribution in [1.82, 2.24) is 10.9 Å². The Morgan fingerprint density at radius 2 is 2.50 bits per heavy atom. The van der Waals surface area contributed by atoms with Gasteiger partial charge >= 0.3 is 5.97 Å². The summed E-state index contributed by atoms with van der Waals surface area (Å²) in [5.41, 5.74) is 5.33. The lowest BCUT2D eigenvalue weighted by Gasteiger charge is -1.98. The van der Waals surface area contributed by atoms with Crippen molar-refractivity contribution in [2.24, 2.45) is 0 Å². The fourth-order valence-corrected chi connectivity index (χ4v) is 0.669. The second kappa shape index (κ2) is 2.11. The number of hydrogen-bond acceptors (Lipinski definition) is 3. The molecule has 8 heavy (non-hydrogen) atoms. The van der Waals surface area contributed by atoms with Crippen LogP contribution >= 0.6 is 0 Å². The Bertz CT molecular complexity index is 98.2. The summed E-state index contributed by atoms with van der Waals surface area (Å²) in [7, 11) is 0. The molecular formula is C4H8N2O2. The molecule has 0 unspecified atom stereocenters.